The van der Waals surface area contributed by atoms with E-state index < -0.39 is 0 Å². The number of carbonyl (C=O) groups is 1. The van der Waals surface area contributed by atoms with E-state index in [0.29, 0.717) is 22.9 Å². The average Bonchev–Trinajstić information content (AvgIpc) is 3.25. The van der Waals surface area contributed by atoms with Gasteiger partial charge in [-0.3, -0.25) is 19.1 Å². The Morgan fingerprint density at radius 3 is 2.52 bits per heavy atom. The van der Waals surface area contributed by atoms with E-state index >= 15 is 0 Å². The highest BCUT2D eigenvalue weighted by Crippen LogP contribution is 2.22. The molecule has 0 bridgehead atoms. The Morgan fingerprint density at radius 1 is 0.970 bits per heavy atom. The number of nitrogens with one attached hydrogen (secondary N) is 1. The van der Waals surface area contributed by atoms with Crippen molar-refractivity contribution >= 4 is 17.2 Å². The first-order valence-corrected chi connectivity index (χ1v) is 10.1. The fourth-order valence-electron chi connectivity index (χ4n) is 3.34. The molecular weight excluding hydrogens is 420 g/mol. The van der Waals surface area contributed by atoms with Crippen LogP contribution in [0.25, 0.3) is 28.3 Å². The number of aryl methyl sites for hydroxylation is 1. The number of anilines is 1. The highest BCUT2D eigenvalue weighted by Gasteiger charge is 2.11. The van der Waals surface area contributed by atoms with Gasteiger partial charge >= 0.3 is 0 Å². The van der Waals surface area contributed by atoms with Gasteiger partial charge in [0.15, 0.2) is 11.5 Å². The summed E-state index contributed by atoms with van der Waals surface area (Å²) >= 11 is 0. The number of pyridine rings is 1. The molecule has 162 valence electrons. The van der Waals surface area contributed by atoms with Gasteiger partial charge in [0, 0.05) is 41.0 Å². The molecule has 33 heavy (non-hydrogen) atoms. The SMILES string of the molecule is Cc1cc(=O)n(CC(=O)Nc2ccc(-c3ccc4nnc(-c5ccncc5)n4n3)cc2)cn1. The maximum absolute atomic E-state index is 12.3. The molecule has 0 aliphatic carbocycles. The zero-order valence-corrected chi connectivity index (χ0v) is 17.6. The number of hydrogen-bond acceptors (Lipinski definition) is 7. The summed E-state index contributed by atoms with van der Waals surface area (Å²) in [4.78, 5) is 32.4. The molecule has 0 saturated heterocycles. The van der Waals surface area contributed by atoms with E-state index in [1.165, 1.54) is 17.0 Å². The Labute approximate surface area is 187 Å². The van der Waals surface area contributed by atoms with Crippen LogP contribution in [0.3, 0.4) is 0 Å². The number of nitrogens with zero attached hydrogens (tertiary/aromatic N) is 7. The molecule has 1 amide bonds. The van der Waals surface area contributed by atoms with E-state index in [2.05, 4.69) is 30.6 Å². The third kappa shape index (κ3) is 4.22. The molecular formula is C23H18N8O2. The summed E-state index contributed by atoms with van der Waals surface area (Å²) in [5, 5.41) is 15.9. The van der Waals surface area contributed by atoms with E-state index in [-0.39, 0.29) is 18.0 Å². The lowest BCUT2D eigenvalue weighted by Gasteiger charge is -2.08. The second kappa shape index (κ2) is 8.42. The topological polar surface area (TPSA) is 120 Å². The average molecular weight is 438 g/mol. The lowest BCUT2D eigenvalue weighted by molar-refractivity contribution is -0.116. The quantitative estimate of drug-likeness (QED) is 0.447. The lowest BCUT2D eigenvalue weighted by Crippen LogP contribution is -2.27. The van der Waals surface area contributed by atoms with Crippen LogP contribution >= 0.6 is 0 Å². The molecule has 0 fully saturated rings. The second-order valence-corrected chi connectivity index (χ2v) is 7.37. The molecule has 10 heteroatoms. The summed E-state index contributed by atoms with van der Waals surface area (Å²) in [5.41, 5.74) is 4.04. The predicted molar refractivity (Wildman–Crippen MR) is 121 cm³/mol. The van der Waals surface area contributed by atoms with Gasteiger partial charge in [-0.05, 0) is 43.3 Å². The molecule has 1 aromatic carbocycles. The maximum atomic E-state index is 12.3. The number of carbonyl (C=O) groups excluding carboxylic acids is 1. The van der Waals surface area contributed by atoms with Gasteiger partial charge in [-0.2, -0.15) is 9.61 Å². The summed E-state index contributed by atoms with van der Waals surface area (Å²) < 4.78 is 2.95. The van der Waals surface area contributed by atoms with Crippen molar-refractivity contribution in [1.29, 1.82) is 0 Å². The van der Waals surface area contributed by atoms with E-state index in [0.717, 1.165) is 16.8 Å². The molecule has 0 spiro atoms. The van der Waals surface area contributed by atoms with Crippen molar-refractivity contribution < 1.29 is 4.79 Å². The van der Waals surface area contributed by atoms with E-state index in [4.69, 9.17) is 0 Å². The summed E-state index contributed by atoms with van der Waals surface area (Å²) in [6, 6.07) is 16.1. The van der Waals surface area contributed by atoms with Gasteiger partial charge in [-0.15, -0.1) is 10.2 Å². The van der Waals surface area contributed by atoms with Gasteiger partial charge in [0.1, 0.15) is 6.54 Å². The molecule has 4 heterocycles. The number of aromatic nitrogens is 7. The minimum atomic E-state index is -0.318. The summed E-state index contributed by atoms with van der Waals surface area (Å²) in [6.07, 6.45) is 4.76. The molecule has 0 atom stereocenters. The number of rotatable bonds is 5. The number of benzene rings is 1. The first-order chi connectivity index (χ1) is 16.1. The van der Waals surface area contributed by atoms with Crippen LogP contribution in [0.5, 0.6) is 0 Å². The van der Waals surface area contributed by atoms with Crippen LogP contribution in [-0.2, 0) is 11.3 Å². The van der Waals surface area contributed by atoms with Crippen LogP contribution in [0.2, 0.25) is 0 Å². The molecule has 0 aliphatic heterocycles. The zero-order chi connectivity index (χ0) is 22.8. The van der Waals surface area contributed by atoms with Crippen LogP contribution in [0.4, 0.5) is 5.69 Å². The lowest BCUT2D eigenvalue weighted by atomic mass is 10.1. The van der Waals surface area contributed by atoms with Gasteiger partial charge in [0.05, 0.1) is 12.0 Å². The third-order valence-corrected chi connectivity index (χ3v) is 5.00. The molecule has 0 saturated carbocycles. The van der Waals surface area contributed by atoms with Gasteiger partial charge in [0.2, 0.25) is 5.91 Å². The second-order valence-electron chi connectivity index (χ2n) is 7.37. The van der Waals surface area contributed by atoms with Crippen LogP contribution < -0.4 is 10.9 Å². The molecule has 10 nitrogen and oxygen atoms in total. The van der Waals surface area contributed by atoms with E-state index in [9.17, 15) is 9.59 Å². The van der Waals surface area contributed by atoms with Crippen LogP contribution in [0.15, 0.2) is 78.1 Å². The van der Waals surface area contributed by atoms with Crippen molar-refractivity contribution in [2.45, 2.75) is 13.5 Å². The Bertz CT molecular complexity index is 1510. The molecule has 4 aromatic heterocycles. The van der Waals surface area contributed by atoms with Crippen molar-refractivity contribution in [1.82, 2.24) is 34.3 Å². The van der Waals surface area contributed by atoms with Crippen molar-refractivity contribution in [3.05, 3.63) is 89.4 Å². The molecule has 0 unspecified atom stereocenters. The first kappa shape index (κ1) is 20.2. The van der Waals surface area contributed by atoms with Crippen LogP contribution in [0.1, 0.15) is 5.69 Å². The minimum absolute atomic E-state index is 0.114. The van der Waals surface area contributed by atoms with Gasteiger partial charge in [0.25, 0.3) is 5.56 Å². The van der Waals surface area contributed by atoms with Crippen LogP contribution in [0, 0.1) is 6.92 Å². The summed E-state index contributed by atoms with van der Waals surface area (Å²) in [5.74, 6) is 0.306. The molecule has 1 N–H and O–H groups in total. The molecule has 0 radical (unpaired) electrons. The Morgan fingerprint density at radius 2 is 1.76 bits per heavy atom. The minimum Gasteiger partial charge on any atom is -0.325 e. The molecule has 0 aliphatic rings. The standard InChI is InChI=1S/C23H18N8O2/c1-15-12-22(33)30(14-25-15)13-21(32)26-18-4-2-16(3-5-18)19-6-7-20-27-28-23(31(20)29-19)17-8-10-24-11-9-17/h2-12,14H,13H2,1H3,(H,26,32). The van der Waals surface area contributed by atoms with E-state index in [1.54, 1.807) is 36.0 Å². The largest absolute Gasteiger partial charge is 0.325 e. The maximum Gasteiger partial charge on any atom is 0.253 e. The predicted octanol–water partition coefficient (Wildman–Crippen LogP) is 2.36. The van der Waals surface area contributed by atoms with Crippen molar-refractivity contribution in [2.75, 3.05) is 5.32 Å². The highest BCUT2D eigenvalue weighted by molar-refractivity contribution is 5.90. The Balaban J connectivity index is 1.35. The van der Waals surface area contributed by atoms with Crippen molar-refractivity contribution in [3.63, 3.8) is 0 Å². The fourth-order valence-corrected chi connectivity index (χ4v) is 3.34. The summed E-state index contributed by atoms with van der Waals surface area (Å²) in [7, 11) is 0. The van der Waals surface area contributed by atoms with Gasteiger partial charge in [-0.1, -0.05) is 12.1 Å². The van der Waals surface area contributed by atoms with E-state index in [1.807, 2.05) is 36.4 Å². The zero-order valence-electron chi connectivity index (χ0n) is 17.6. The van der Waals surface area contributed by atoms with Gasteiger partial charge in [-0.25, -0.2) is 4.98 Å². The number of hydrogen-bond donors (Lipinski definition) is 1. The molecule has 5 aromatic rings. The monoisotopic (exact) mass is 438 g/mol. The normalized spacial score (nSPS) is 10.9. The van der Waals surface area contributed by atoms with Crippen molar-refractivity contribution in [3.8, 4) is 22.6 Å². The smallest absolute Gasteiger partial charge is 0.253 e. The molecule has 5 rings (SSSR count). The van der Waals surface area contributed by atoms with Crippen LogP contribution in [-0.4, -0.2) is 40.3 Å². The fraction of sp³-hybridized carbons (Fsp3) is 0.0870. The third-order valence-electron chi connectivity index (χ3n) is 5.00. The number of fused-ring (bicyclic) bond motifs is 1. The Hall–Kier alpha value is -4.73. The van der Waals surface area contributed by atoms with Gasteiger partial charge < -0.3 is 5.32 Å². The number of amides is 1. The first-order valence-electron chi connectivity index (χ1n) is 10.1. The summed E-state index contributed by atoms with van der Waals surface area (Å²) in [6.45, 7) is 1.61. The van der Waals surface area contributed by atoms with Crippen molar-refractivity contribution in [2.24, 2.45) is 0 Å². The highest BCUT2D eigenvalue weighted by atomic mass is 16.2. The Kier molecular flexibility index (Phi) is 5.15.